The van der Waals surface area contributed by atoms with Crippen molar-refractivity contribution in [3.63, 3.8) is 0 Å². The third-order valence-corrected chi connectivity index (χ3v) is 4.11. The molecule has 0 saturated carbocycles. The number of nitrogen functional groups attached to an aromatic ring is 1. The van der Waals surface area contributed by atoms with Crippen molar-refractivity contribution < 1.29 is 9.47 Å². The lowest BCUT2D eigenvalue weighted by atomic mass is 10.2. The van der Waals surface area contributed by atoms with E-state index in [2.05, 4.69) is 25.9 Å². The number of nitrogens with two attached hydrogens (primary N) is 1. The number of amidine groups is 1. The molecule has 0 radical (unpaired) electrons. The van der Waals surface area contributed by atoms with Crippen LogP contribution in [0.4, 0.5) is 11.6 Å². The Morgan fingerprint density at radius 3 is 2.62 bits per heavy atom. The van der Waals surface area contributed by atoms with Gasteiger partial charge in [0.2, 0.25) is 0 Å². The molecule has 7 nitrogen and oxygen atoms in total. The van der Waals surface area contributed by atoms with Gasteiger partial charge in [-0.05, 0) is 35.3 Å². The Morgan fingerprint density at radius 2 is 1.96 bits per heavy atom. The van der Waals surface area contributed by atoms with Crippen molar-refractivity contribution in [2.45, 2.75) is 26.8 Å². The summed E-state index contributed by atoms with van der Waals surface area (Å²) >= 11 is 3.25. The van der Waals surface area contributed by atoms with Crippen LogP contribution in [0.1, 0.15) is 24.5 Å². The Balaban J connectivity index is 2.20. The summed E-state index contributed by atoms with van der Waals surface area (Å²) in [6.07, 6.45) is 0.738. The Kier molecular flexibility index (Phi) is 7.80. The highest BCUT2D eigenvalue weighted by atomic mass is 79.9. The molecule has 0 unspecified atom stereocenters. The molecule has 0 bridgehead atoms. The molecule has 2 rings (SSSR count). The fourth-order valence-electron chi connectivity index (χ4n) is 2.30. The van der Waals surface area contributed by atoms with E-state index >= 15 is 0 Å². The van der Waals surface area contributed by atoms with Crippen molar-refractivity contribution in [2.24, 2.45) is 0 Å². The van der Waals surface area contributed by atoms with E-state index in [1.807, 2.05) is 44.2 Å². The van der Waals surface area contributed by atoms with Gasteiger partial charge in [-0.1, -0.05) is 30.3 Å². The minimum atomic E-state index is 0.185. The summed E-state index contributed by atoms with van der Waals surface area (Å²) in [6.45, 7) is 6.00. The minimum absolute atomic E-state index is 0.185. The molecule has 0 amide bonds. The second-order valence-electron chi connectivity index (χ2n) is 5.60. The summed E-state index contributed by atoms with van der Waals surface area (Å²) in [7, 11) is 0. The van der Waals surface area contributed by atoms with E-state index in [0.29, 0.717) is 43.6 Å². The summed E-state index contributed by atoms with van der Waals surface area (Å²) in [6, 6.07) is 10.1. The Labute approximate surface area is 162 Å². The normalized spacial score (nSPS) is 10.6. The fraction of sp³-hybridized carbons (Fsp3) is 0.389. The van der Waals surface area contributed by atoms with Crippen LogP contribution in [0.25, 0.3) is 0 Å². The SMILES string of the molecule is CCOCCCOc1nc(N)c(C)c(N(Cc2ccccc2)C(=N)Br)n1. The van der Waals surface area contributed by atoms with Crippen LogP contribution in [0.5, 0.6) is 6.01 Å². The van der Waals surface area contributed by atoms with Crippen LogP contribution < -0.4 is 15.4 Å². The number of benzene rings is 1. The standard InChI is InChI=1S/C18H24BrN5O2/c1-3-25-10-7-11-26-18-22-15(20)13(2)16(23-18)24(17(19)21)12-14-8-5-4-6-9-14/h4-6,8-9,21H,3,7,10-12H2,1-2H3,(H2,20,22,23). The molecule has 2 aromatic rings. The largest absolute Gasteiger partial charge is 0.463 e. The third kappa shape index (κ3) is 5.67. The van der Waals surface area contributed by atoms with E-state index in [0.717, 1.165) is 12.0 Å². The van der Waals surface area contributed by atoms with Gasteiger partial charge in [-0.15, -0.1) is 0 Å². The van der Waals surface area contributed by atoms with Crippen molar-refractivity contribution in [1.82, 2.24) is 9.97 Å². The average Bonchev–Trinajstić information content (AvgIpc) is 2.63. The Bertz CT molecular complexity index is 727. The summed E-state index contributed by atoms with van der Waals surface area (Å²) in [4.78, 5) is 10.4. The van der Waals surface area contributed by atoms with Gasteiger partial charge in [-0.3, -0.25) is 5.41 Å². The highest BCUT2D eigenvalue weighted by Gasteiger charge is 2.19. The summed E-state index contributed by atoms with van der Waals surface area (Å²) in [5, 5.41) is 8.07. The zero-order valence-electron chi connectivity index (χ0n) is 15.0. The van der Waals surface area contributed by atoms with Crippen molar-refractivity contribution in [3.05, 3.63) is 41.5 Å². The number of hydrogen-bond acceptors (Lipinski definition) is 6. The maximum atomic E-state index is 8.07. The van der Waals surface area contributed by atoms with Crippen molar-refractivity contribution >= 4 is 32.3 Å². The molecule has 0 saturated heterocycles. The second-order valence-corrected chi connectivity index (χ2v) is 6.35. The maximum absolute atomic E-state index is 8.07. The molecule has 0 aliphatic rings. The van der Waals surface area contributed by atoms with E-state index in [1.165, 1.54) is 0 Å². The van der Waals surface area contributed by atoms with Crippen molar-refractivity contribution in [3.8, 4) is 6.01 Å². The van der Waals surface area contributed by atoms with E-state index in [9.17, 15) is 0 Å². The highest BCUT2D eigenvalue weighted by molar-refractivity contribution is 9.18. The lowest BCUT2D eigenvalue weighted by molar-refractivity contribution is 0.129. The zero-order chi connectivity index (χ0) is 18.9. The first kappa shape index (κ1) is 20.1. The molecule has 0 aliphatic heterocycles. The van der Waals surface area contributed by atoms with Crippen LogP contribution in [0.15, 0.2) is 30.3 Å². The van der Waals surface area contributed by atoms with Crippen LogP contribution in [0, 0.1) is 12.3 Å². The van der Waals surface area contributed by atoms with E-state index < -0.39 is 0 Å². The monoisotopic (exact) mass is 421 g/mol. The summed E-state index contributed by atoms with van der Waals surface area (Å²) in [5.74, 6) is 0.879. The van der Waals surface area contributed by atoms with Crippen LogP contribution in [0.3, 0.4) is 0 Å². The van der Waals surface area contributed by atoms with Gasteiger partial charge in [0, 0.05) is 25.2 Å². The lowest BCUT2D eigenvalue weighted by Gasteiger charge is -2.23. The number of ether oxygens (including phenoxy) is 2. The minimum Gasteiger partial charge on any atom is -0.463 e. The molecule has 0 fully saturated rings. The molecule has 140 valence electrons. The van der Waals surface area contributed by atoms with E-state index in [4.69, 9.17) is 20.6 Å². The Morgan fingerprint density at radius 1 is 1.23 bits per heavy atom. The molecule has 0 aliphatic carbocycles. The highest BCUT2D eigenvalue weighted by Crippen LogP contribution is 2.27. The van der Waals surface area contributed by atoms with Gasteiger partial charge in [0.1, 0.15) is 11.6 Å². The van der Waals surface area contributed by atoms with Gasteiger partial charge in [0.05, 0.1) is 13.2 Å². The van der Waals surface area contributed by atoms with Crippen LogP contribution >= 0.6 is 15.9 Å². The van der Waals surface area contributed by atoms with Gasteiger partial charge in [-0.25, -0.2) is 0 Å². The summed E-state index contributed by atoms with van der Waals surface area (Å²) < 4.78 is 11.1. The van der Waals surface area contributed by atoms with Gasteiger partial charge >= 0.3 is 6.01 Å². The first-order chi connectivity index (χ1) is 12.5. The van der Waals surface area contributed by atoms with Crippen LogP contribution in [-0.2, 0) is 11.3 Å². The topological polar surface area (TPSA) is 97.4 Å². The number of hydrogen-bond donors (Lipinski definition) is 2. The molecule has 1 aromatic carbocycles. The molecular formula is C18H24BrN5O2. The predicted molar refractivity (Wildman–Crippen MR) is 107 cm³/mol. The first-order valence-corrected chi connectivity index (χ1v) is 9.22. The maximum Gasteiger partial charge on any atom is 0.320 e. The summed E-state index contributed by atoms with van der Waals surface area (Å²) in [5.41, 5.74) is 7.79. The van der Waals surface area contributed by atoms with Gasteiger partial charge in [0.15, 0.2) is 4.74 Å². The zero-order valence-corrected chi connectivity index (χ0v) is 16.6. The van der Waals surface area contributed by atoms with Crippen molar-refractivity contribution in [2.75, 3.05) is 30.5 Å². The lowest BCUT2D eigenvalue weighted by Crippen LogP contribution is -2.28. The van der Waals surface area contributed by atoms with Crippen molar-refractivity contribution in [1.29, 1.82) is 5.41 Å². The molecule has 0 spiro atoms. The molecule has 8 heteroatoms. The van der Waals surface area contributed by atoms with Gasteiger partial charge < -0.3 is 20.1 Å². The van der Waals surface area contributed by atoms with Crippen LogP contribution in [-0.4, -0.2) is 34.5 Å². The second kappa shape index (κ2) is 10.1. The molecule has 1 aromatic heterocycles. The molecule has 0 atom stereocenters. The molecule has 3 N–H and O–H groups in total. The van der Waals surface area contributed by atoms with Gasteiger partial charge in [-0.2, -0.15) is 9.97 Å². The smallest absolute Gasteiger partial charge is 0.320 e. The average molecular weight is 422 g/mol. The Hall–Kier alpha value is -2.19. The molecule has 26 heavy (non-hydrogen) atoms. The number of halogens is 1. The number of rotatable bonds is 9. The predicted octanol–water partition coefficient (Wildman–Crippen LogP) is 3.51. The number of nitrogens with zero attached hydrogens (tertiary/aromatic N) is 3. The quantitative estimate of drug-likeness (QED) is 0.278. The van der Waals surface area contributed by atoms with E-state index in [-0.39, 0.29) is 10.8 Å². The third-order valence-electron chi connectivity index (χ3n) is 3.68. The molecular weight excluding hydrogens is 398 g/mol. The first-order valence-electron chi connectivity index (χ1n) is 8.43. The molecule has 1 heterocycles. The van der Waals surface area contributed by atoms with Gasteiger partial charge in [0.25, 0.3) is 0 Å². The van der Waals surface area contributed by atoms with E-state index in [1.54, 1.807) is 4.90 Å². The fourth-order valence-corrected chi connectivity index (χ4v) is 2.59. The van der Waals surface area contributed by atoms with Crippen LogP contribution in [0.2, 0.25) is 0 Å². The number of anilines is 2. The number of aromatic nitrogens is 2. The number of nitrogens with one attached hydrogen (secondary N) is 1.